The molecule has 1 aromatic heterocycles. The van der Waals surface area contributed by atoms with Gasteiger partial charge in [0.2, 0.25) is 5.56 Å². The number of aromatic amines is 1. The molecule has 0 bridgehead atoms. The highest BCUT2D eigenvalue weighted by Crippen LogP contribution is 2.34. The molecule has 2 N–H and O–H groups in total. The average Bonchev–Trinajstić information content (AvgIpc) is 2.29. The number of hydrogen-bond acceptors (Lipinski definition) is 3. The molecule has 1 aliphatic carbocycles. The lowest BCUT2D eigenvalue weighted by Crippen LogP contribution is -2.49. The van der Waals surface area contributed by atoms with Gasteiger partial charge in [-0.05, 0) is 25.3 Å². The molecule has 1 amide bonds. The molecular formula is C12H16N2O3. The molecule has 1 fully saturated rings. The number of nitrogens with one attached hydrogen (secondary N) is 2. The topological polar surface area (TPSA) is 71.2 Å². The van der Waals surface area contributed by atoms with Gasteiger partial charge in [-0.3, -0.25) is 9.59 Å². The van der Waals surface area contributed by atoms with E-state index < -0.39 is 0 Å². The third-order valence-corrected chi connectivity index (χ3v) is 3.32. The number of rotatable bonds is 4. The summed E-state index contributed by atoms with van der Waals surface area (Å²) in [5.41, 5.74) is 0.0572. The molecule has 1 aromatic rings. The Hall–Kier alpha value is -1.62. The maximum atomic E-state index is 11.8. The maximum Gasteiger partial charge on any atom is 0.252 e. The largest absolute Gasteiger partial charge is 0.376 e. The highest BCUT2D eigenvalue weighted by molar-refractivity contribution is 5.93. The summed E-state index contributed by atoms with van der Waals surface area (Å²) in [6.45, 7) is 0.515. The normalized spacial score (nSPS) is 17.2. The molecule has 0 aliphatic heterocycles. The number of H-pyrrole nitrogens is 1. The molecule has 0 unspecified atom stereocenters. The lowest BCUT2D eigenvalue weighted by atomic mass is 9.80. The number of ether oxygens (including phenoxy) is 1. The predicted molar refractivity (Wildman–Crippen MR) is 63.0 cm³/mol. The van der Waals surface area contributed by atoms with E-state index in [9.17, 15) is 9.59 Å². The molecule has 0 atom stereocenters. The molecule has 1 saturated carbocycles. The number of carbonyl (C=O) groups is 1. The van der Waals surface area contributed by atoms with Crippen LogP contribution < -0.4 is 10.9 Å². The van der Waals surface area contributed by atoms with Gasteiger partial charge >= 0.3 is 0 Å². The average molecular weight is 236 g/mol. The summed E-state index contributed by atoms with van der Waals surface area (Å²) in [6.07, 6.45) is 4.52. The third kappa shape index (κ3) is 2.55. The van der Waals surface area contributed by atoms with E-state index >= 15 is 0 Å². The van der Waals surface area contributed by atoms with Crippen LogP contribution in [0.5, 0.6) is 0 Å². The first-order chi connectivity index (χ1) is 8.15. The second kappa shape index (κ2) is 4.71. The van der Waals surface area contributed by atoms with Gasteiger partial charge in [0.15, 0.2) is 0 Å². The van der Waals surface area contributed by atoms with Crippen molar-refractivity contribution in [3.05, 3.63) is 34.2 Å². The van der Waals surface area contributed by atoms with Crippen LogP contribution in [0.2, 0.25) is 0 Å². The summed E-state index contributed by atoms with van der Waals surface area (Å²) in [7, 11) is 1.67. The van der Waals surface area contributed by atoms with Crippen LogP contribution in [-0.4, -0.2) is 30.1 Å². The van der Waals surface area contributed by atoms with E-state index in [0.717, 1.165) is 19.3 Å². The number of pyridine rings is 1. The van der Waals surface area contributed by atoms with E-state index in [4.69, 9.17) is 4.74 Å². The monoisotopic (exact) mass is 236 g/mol. The molecule has 1 heterocycles. The van der Waals surface area contributed by atoms with E-state index in [1.54, 1.807) is 7.11 Å². The van der Waals surface area contributed by atoms with Crippen molar-refractivity contribution in [2.45, 2.75) is 24.9 Å². The van der Waals surface area contributed by atoms with Gasteiger partial charge in [0.1, 0.15) is 0 Å². The Kier molecular flexibility index (Phi) is 3.28. The smallest absolute Gasteiger partial charge is 0.252 e. The molecule has 5 heteroatoms. The fourth-order valence-electron chi connectivity index (χ4n) is 1.92. The molecule has 5 nitrogen and oxygen atoms in total. The number of aromatic nitrogens is 1. The van der Waals surface area contributed by atoms with Gasteiger partial charge in [-0.1, -0.05) is 0 Å². The predicted octanol–water partition coefficient (Wildman–Crippen LogP) is 0.674. The molecule has 2 rings (SSSR count). The Morgan fingerprint density at radius 2 is 2.29 bits per heavy atom. The molecule has 0 radical (unpaired) electrons. The minimum Gasteiger partial charge on any atom is -0.376 e. The summed E-state index contributed by atoms with van der Waals surface area (Å²) < 4.78 is 5.41. The maximum absolute atomic E-state index is 11.8. The van der Waals surface area contributed by atoms with E-state index in [2.05, 4.69) is 10.3 Å². The Morgan fingerprint density at radius 1 is 1.53 bits per heavy atom. The summed E-state index contributed by atoms with van der Waals surface area (Å²) in [6, 6.07) is 2.85. The summed E-state index contributed by atoms with van der Waals surface area (Å²) in [4.78, 5) is 25.1. The first kappa shape index (κ1) is 11.9. The van der Waals surface area contributed by atoms with Crippen molar-refractivity contribution in [1.29, 1.82) is 0 Å². The molecule has 17 heavy (non-hydrogen) atoms. The number of carbonyl (C=O) groups excluding carboxylic acids is 1. The van der Waals surface area contributed by atoms with Crippen LogP contribution in [0.3, 0.4) is 0 Å². The lowest BCUT2D eigenvalue weighted by Gasteiger charge is -2.40. The molecule has 0 saturated heterocycles. The van der Waals surface area contributed by atoms with Gasteiger partial charge < -0.3 is 15.0 Å². The minimum atomic E-state index is -0.214. The number of amides is 1. The lowest BCUT2D eigenvalue weighted by molar-refractivity contribution is -0.0679. The van der Waals surface area contributed by atoms with Gasteiger partial charge in [0.05, 0.1) is 11.2 Å². The van der Waals surface area contributed by atoms with Crippen molar-refractivity contribution in [1.82, 2.24) is 10.3 Å². The first-order valence-electron chi connectivity index (χ1n) is 5.67. The molecule has 92 valence electrons. The first-order valence-corrected chi connectivity index (χ1v) is 5.67. The summed E-state index contributed by atoms with van der Waals surface area (Å²) in [5, 5.41) is 2.83. The zero-order valence-corrected chi connectivity index (χ0v) is 9.79. The van der Waals surface area contributed by atoms with Crippen LogP contribution in [0.4, 0.5) is 0 Å². The van der Waals surface area contributed by atoms with Gasteiger partial charge in [-0.25, -0.2) is 0 Å². The minimum absolute atomic E-state index is 0.183. The van der Waals surface area contributed by atoms with E-state index in [1.165, 1.54) is 18.3 Å². The third-order valence-electron chi connectivity index (χ3n) is 3.32. The van der Waals surface area contributed by atoms with Gasteiger partial charge in [-0.15, -0.1) is 0 Å². The standard InChI is InChI=1S/C12H16N2O3/c1-17-12(5-2-6-12)8-14-11(16)9-3-4-10(15)13-7-9/h3-4,7H,2,5-6,8H2,1H3,(H,13,15)(H,14,16). The zero-order chi connectivity index (χ0) is 12.3. The SMILES string of the molecule is COC1(CNC(=O)c2ccc(=O)[nH]c2)CCC1. The highest BCUT2D eigenvalue weighted by atomic mass is 16.5. The number of hydrogen-bond donors (Lipinski definition) is 2. The van der Waals surface area contributed by atoms with Crippen molar-refractivity contribution in [3.63, 3.8) is 0 Å². The quantitative estimate of drug-likeness (QED) is 0.807. The Balaban J connectivity index is 1.93. The van der Waals surface area contributed by atoms with Gasteiger partial charge in [0, 0.05) is 25.9 Å². The van der Waals surface area contributed by atoms with Crippen molar-refractivity contribution >= 4 is 5.91 Å². The van der Waals surface area contributed by atoms with Gasteiger partial charge in [-0.2, -0.15) is 0 Å². The van der Waals surface area contributed by atoms with E-state index in [-0.39, 0.29) is 17.1 Å². The van der Waals surface area contributed by atoms with Crippen LogP contribution in [0, 0.1) is 0 Å². The molecule has 0 aromatic carbocycles. The summed E-state index contributed by atoms with van der Waals surface area (Å²) in [5.74, 6) is -0.190. The van der Waals surface area contributed by atoms with Crippen LogP contribution >= 0.6 is 0 Å². The Bertz CT molecular complexity index is 437. The van der Waals surface area contributed by atoms with E-state index in [1.807, 2.05) is 0 Å². The van der Waals surface area contributed by atoms with Crippen molar-refractivity contribution < 1.29 is 9.53 Å². The molecule has 0 spiro atoms. The fourth-order valence-corrected chi connectivity index (χ4v) is 1.92. The summed E-state index contributed by atoms with van der Waals surface area (Å²) >= 11 is 0. The van der Waals surface area contributed by atoms with Crippen molar-refractivity contribution in [2.24, 2.45) is 0 Å². The van der Waals surface area contributed by atoms with Crippen LogP contribution in [0.1, 0.15) is 29.6 Å². The highest BCUT2D eigenvalue weighted by Gasteiger charge is 2.37. The molecule has 1 aliphatic rings. The van der Waals surface area contributed by atoms with Crippen LogP contribution in [-0.2, 0) is 4.74 Å². The zero-order valence-electron chi connectivity index (χ0n) is 9.79. The van der Waals surface area contributed by atoms with Gasteiger partial charge in [0.25, 0.3) is 5.91 Å². The fraction of sp³-hybridized carbons (Fsp3) is 0.500. The van der Waals surface area contributed by atoms with E-state index in [0.29, 0.717) is 12.1 Å². The van der Waals surface area contributed by atoms with Crippen molar-refractivity contribution in [3.8, 4) is 0 Å². The number of methoxy groups -OCH3 is 1. The van der Waals surface area contributed by atoms with Crippen molar-refractivity contribution in [2.75, 3.05) is 13.7 Å². The molecular weight excluding hydrogens is 220 g/mol. The van der Waals surface area contributed by atoms with Crippen LogP contribution in [0.25, 0.3) is 0 Å². The Morgan fingerprint density at radius 3 is 2.76 bits per heavy atom. The second-order valence-electron chi connectivity index (χ2n) is 4.36. The second-order valence-corrected chi connectivity index (χ2v) is 4.36. The Labute approximate surface area is 99.2 Å². The van der Waals surface area contributed by atoms with Crippen LogP contribution in [0.15, 0.2) is 23.1 Å².